The molecule has 0 bridgehead atoms. The lowest BCUT2D eigenvalue weighted by atomic mass is 10.1. The van der Waals surface area contributed by atoms with Gasteiger partial charge in [0.05, 0.1) is 0 Å². The average Bonchev–Trinajstić information content (AvgIpc) is 2.03. The second-order valence-corrected chi connectivity index (χ2v) is 3.00. The minimum atomic E-state index is -0.703. The molecule has 0 fully saturated rings. The quantitative estimate of drug-likeness (QED) is 0.171. The fraction of sp³-hybridized carbons (Fsp3) is 0.833. The van der Waals surface area contributed by atoms with Crippen LogP contribution in [0.4, 0.5) is 4.79 Å². The Morgan fingerprint density at radius 2 is 2.38 bits per heavy atom. The normalized spacial score (nSPS) is 10.1. The van der Waals surface area contributed by atoms with E-state index in [4.69, 9.17) is 16.1 Å². The third-order valence-electron chi connectivity index (χ3n) is 1.36. The predicted octanol–water partition coefficient (Wildman–Crippen LogP) is 1.07. The average molecular weight is 187 g/mol. The molecule has 0 aromatic carbocycles. The fourth-order valence-corrected chi connectivity index (χ4v) is 0.695. The molecule has 0 saturated carbocycles. The number of ether oxygens (including phenoxy) is 1. The lowest BCUT2D eigenvalue weighted by Crippen LogP contribution is -2.38. The summed E-state index contributed by atoms with van der Waals surface area (Å²) in [6.45, 7) is 3.69. The number of hydrogen-bond donors (Lipinski definition) is 2. The molecule has 0 rings (SSSR count). The Hall–Kier alpha value is -1.46. The van der Waals surface area contributed by atoms with Gasteiger partial charge in [-0.05, 0) is 25.8 Å². The van der Waals surface area contributed by atoms with E-state index >= 15 is 0 Å². The summed E-state index contributed by atoms with van der Waals surface area (Å²) >= 11 is 0. The molecule has 0 saturated heterocycles. The Morgan fingerprint density at radius 3 is 2.85 bits per heavy atom. The van der Waals surface area contributed by atoms with Crippen LogP contribution in [0.1, 0.15) is 20.3 Å². The highest BCUT2D eigenvalue weighted by atomic mass is 16.6. The summed E-state index contributed by atoms with van der Waals surface area (Å²) < 4.78 is 4.88. The van der Waals surface area contributed by atoms with Crippen molar-refractivity contribution in [1.82, 2.24) is 5.43 Å². The number of amides is 1. The molecule has 7 heteroatoms. The highest BCUT2D eigenvalue weighted by Crippen LogP contribution is 2.14. The van der Waals surface area contributed by atoms with Crippen LogP contribution in [-0.4, -0.2) is 18.2 Å². The molecule has 0 aliphatic carbocycles. The molecule has 1 amide bonds. The summed E-state index contributed by atoms with van der Waals surface area (Å²) in [5.41, 5.74) is 9.17. The molecule has 7 nitrogen and oxygen atoms in total. The van der Waals surface area contributed by atoms with Crippen molar-refractivity contribution in [3.63, 3.8) is 0 Å². The first-order valence-electron chi connectivity index (χ1n) is 3.72. The van der Waals surface area contributed by atoms with Gasteiger partial charge in [-0.2, -0.15) is 0 Å². The van der Waals surface area contributed by atoms with Crippen LogP contribution >= 0.6 is 0 Å². The minimum Gasteiger partial charge on any atom is -0.443 e. The molecule has 13 heavy (non-hydrogen) atoms. The third kappa shape index (κ3) is 5.77. The number of nitrogens with one attached hydrogen (secondary N) is 1. The van der Waals surface area contributed by atoms with Crippen LogP contribution in [0.15, 0.2) is 5.11 Å². The number of hydrogen-bond acceptors (Lipinski definition) is 4. The Balaban J connectivity index is 3.92. The first-order valence-corrected chi connectivity index (χ1v) is 3.72. The molecule has 0 aromatic rings. The maximum absolute atomic E-state index is 10.7. The van der Waals surface area contributed by atoms with Crippen LogP contribution in [0.25, 0.3) is 10.4 Å². The van der Waals surface area contributed by atoms with E-state index in [0.717, 1.165) is 0 Å². The van der Waals surface area contributed by atoms with E-state index in [1.165, 1.54) is 0 Å². The monoisotopic (exact) mass is 187 g/mol. The zero-order chi connectivity index (χ0) is 10.3. The molecular weight excluding hydrogens is 174 g/mol. The van der Waals surface area contributed by atoms with Gasteiger partial charge in [0.15, 0.2) is 0 Å². The zero-order valence-electron chi connectivity index (χ0n) is 7.65. The van der Waals surface area contributed by atoms with Crippen molar-refractivity contribution in [2.24, 2.45) is 11.0 Å². The lowest BCUT2D eigenvalue weighted by Gasteiger charge is -2.23. The molecule has 3 N–H and O–H groups in total. The maximum Gasteiger partial charge on any atom is 0.421 e. The summed E-state index contributed by atoms with van der Waals surface area (Å²) in [5, 5.41) is 3.33. The highest BCUT2D eigenvalue weighted by molar-refractivity contribution is 5.66. The number of carbonyl (C=O) groups excluding carboxylic acids is 1. The minimum absolute atomic E-state index is 0.279. The van der Waals surface area contributed by atoms with E-state index < -0.39 is 11.7 Å². The molecular formula is C6H13N5O2. The van der Waals surface area contributed by atoms with Crippen molar-refractivity contribution in [1.29, 1.82) is 0 Å². The van der Waals surface area contributed by atoms with Gasteiger partial charge in [-0.1, -0.05) is 5.11 Å². The van der Waals surface area contributed by atoms with E-state index in [1.807, 2.05) is 5.43 Å². The summed E-state index contributed by atoms with van der Waals surface area (Å²) in [7, 11) is 0. The van der Waals surface area contributed by atoms with Gasteiger partial charge in [0.1, 0.15) is 5.60 Å². The summed E-state index contributed by atoms with van der Waals surface area (Å²) in [6.07, 6.45) is -0.254. The molecule has 0 aliphatic heterocycles. The molecule has 0 radical (unpaired) electrons. The molecule has 0 spiro atoms. The smallest absolute Gasteiger partial charge is 0.421 e. The zero-order valence-corrected chi connectivity index (χ0v) is 7.65. The molecule has 0 aromatic heterocycles. The van der Waals surface area contributed by atoms with E-state index in [-0.39, 0.29) is 6.54 Å². The topological polar surface area (TPSA) is 113 Å². The predicted molar refractivity (Wildman–Crippen MR) is 46.5 cm³/mol. The number of nitrogens with zero attached hydrogens (tertiary/aromatic N) is 3. The summed E-state index contributed by atoms with van der Waals surface area (Å²) in [4.78, 5) is 13.3. The van der Waals surface area contributed by atoms with Crippen molar-refractivity contribution in [2.75, 3.05) is 6.54 Å². The van der Waals surface area contributed by atoms with Gasteiger partial charge in [0.25, 0.3) is 0 Å². The van der Waals surface area contributed by atoms with Crippen molar-refractivity contribution < 1.29 is 9.53 Å². The number of hydrazine groups is 1. The Bertz CT molecular complexity index is 221. The van der Waals surface area contributed by atoms with Gasteiger partial charge in [-0.15, -0.1) is 0 Å². The van der Waals surface area contributed by atoms with Crippen LogP contribution in [0.2, 0.25) is 0 Å². The van der Waals surface area contributed by atoms with Crippen molar-refractivity contribution in [3.05, 3.63) is 10.4 Å². The number of carbonyl (C=O) groups is 1. The van der Waals surface area contributed by atoms with E-state index in [9.17, 15) is 4.79 Å². The second kappa shape index (κ2) is 5.23. The summed E-state index contributed by atoms with van der Waals surface area (Å²) in [5.74, 6) is 4.83. The van der Waals surface area contributed by atoms with Gasteiger partial charge < -0.3 is 4.74 Å². The van der Waals surface area contributed by atoms with Crippen LogP contribution in [0.3, 0.4) is 0 Å². The van der Waals surface area contributed by atoms with Gasteiger partial charge in [-0.25, -0.2) is 10.6 Å². The van der Waals surface area contributed by atoms with Gasteiger partial charge in [-0.3, -0.25) is 5.43 Å². The molecule has 0 aliphatic rings. The van der Waals surface area contributed by atoms with Gasteiger partial charge in [0, 0.05) is 11.5 Å². The number of azide groups is 1. The van der Waals surface area contributed by atoms with E-state index in [0.29, 0.717) is 6.42 Å². The van der Waals surface area contributed by atoms with Gasteiger partial charge >= 0.3 is 6.09 Å². The SMILES string of the molecule is CC(C)(CCN=[N+]=[N-])OC(=O)NN. The molecule has 0 atom stereocenters. The van der Waals surface area contributed by atoms with Crippen molar-refractivity contribution >= 4 is 6.09 Å². The maximum atomic E-state index is 10.7. The fourth-order valence-electron chi connectivity index (χ4n) is 0.695. The third-order valence-corrected chi connectivity index (χ3v) is 1.36. The molecule has 0 unspecified atom stereocenters. The van der Waals surface area contributed by atoms with Gasteiger partial charge in [0.2, 0.25) is 0 Å². The van der Waals surface area contributed by atoms with Crippen molar-refractivity contribution in [3.8, 4) is 0 Å². The Morgan fingerprint density at radius 1 is 1.77 bits per heavy atom. The Kier molecular flexibility index (Phi) is 4.64. The highest BCUT2D eigenvalue weighted by Gasteiger charge is 2.21. The number of rotatable bonds is 4. The summed E-state index contributed by atoms with van der Waals surface area (Å²) in [6, 6.07) is 0. The second-order valence-electron chi connectivity index (χ2n) is 3.00. The van der Waals surface area contributed by atoms with Crippen LogP contribution in [0, 0.1) is 0 Å². The Labute approximate surface area is 75.8 Å². The van der Waals surface area contributed by atoms with Crippen LogP contribution in [0.5, 0.6) is 0 Å². The largest absolute Gasteiger partial charge is 0.443 e. The molecule has 0 heterocycles. The molecule has 74 valence electrons. The lowest BCUT2D eigenvalue weighted by molar-refractivity contribution is 0.0346. The first kappa shape index (κ1) is 11.5. The number of nitrogens with two attached hydrogens (primary N) is 1. The van der Waals surface area contributed by atoms with Crippen molar-refractivity contribution in [2.45, 2.75) is 25.9 Å². The van der Waals surface area contributed by atoms with Crippen LogP contribution < -0.4 is 11.3 Å². The van der Waals surface area contributed by atoms with Crippen LogP contribution in [-0.2, 0) is 4.74 Å². The van der Waals surface area contributed by atoms with E-state index in [2.05, 4.69) is 10.0 Å². The first-order chi connectivity index (χ1) is 6.02. The van der Waals surface area contributed by atoms with E-state index in [1.54, 1.807) is 13.8 Å². The standard InChI is InChI=1S/C6H13N5O2/c1-6(2,3-4-9-11-8)13-5(12)10-7/h3-4,7H2,1-2H3,(H,10,12).